The van der Waals surface area contributed by atoms with Crippen molar-refractivity contribution in [2.45, 2.75) is 19.9 Å². The number of nitrogens with one attached hydrogen (secondary N) is 2. The van der Waals surface area contributed by atoms with Gasteiger partial charge in [0.25, 0.3) is 5.91 Å². The van der Waals surface area contributed by atoms with E-state index in [-0.39, 0.29) is 18.5 Å². The van der Waals surface area contributed by atoms with Gasteiger partial charge in [-0.15, -0.1) is 0 Å². The first-order chi connectivity index (χ1) is 8.90. The molecule has 0 aliphatic rings. The third-order valence-electron chi connectivity index (χ3n) is 2.49. The molecule has 0 saturated heterocycles. The molecule has 0 aromatic heterocycles. The minimum absolute atomic E-state index is 0.0122. The highest BCUT2D eigenvalue weighted by atomic mass is 19.1. The van der Waals surface area contributed by atoms with Gasteiger partial charge in [-0.2, -0.15) is 0 Å². The van der Waals surface area contributed by atoms with Crippen molar-refractivity contribution in [1.82, 2.24) is 10.9 Å². The van der Waals surface area contributed by atoms with Crippen LogP contribution in [0.5, 0.6) is 0 Å². The SMILES string of the molecule is CC(=O)NNC(=O)C[NH2+][C@H](C)c1ccc(F)cc1F. The molecule has 0 saturated carbocycles. The fourth-order valence-electron chi connectivity index (χ4n) is 1.49. The van der Waals surface area contributed by atoms with Gasteiger partial charge in [0.05, 0.1) is 0 Å². The van der Waals surface area contributed by atoms with E-state index >= 15 is 0 Å². The van der Waals surface area contributed by atoms with Crippen LogP contribution in [0, 0.1) is 11.6 Å². The summed E-state index contributed by atoms with van der Waals surface area (Å²) in [6.45, 7) is 2.97. The fourth-order valence-corrected chi connectivity index (χ4v) is 1.49. The summed E-state index contributed by atoms with van der Waals surface area (Å²) in [5.74, 6) is -2.08. The molecule has 0 aliphatic carbocycles. The Morgan fingerprint density at radius 2 is 2.00 bits per heavy atom. The van der Waals surface area contributed by atoms with Crippen LogP contribution in [0.25, 0.3) is 0 Å². The van der Waals surface area contributed by atoms with Crippen molar-refractivity contribution < 1.29 is 23.7 Å². The Bertz CT molecular complexity index is 480. The summed E-state index contributed by atoms with van der Waals surface area (Å²) in [7, 11) is 0. The second kappa shape index (κ2) is 6.79. The fraction of sp³-hybridized carbons (Fsp3) is 0.333. The summed E-state index contributed by atoms with van der Waals surface area (Å²) in [5, 5.41) is 1.58. The van der Waals surface area contributed by atoms with Crippen molar-refractivity contribution in [3.05, 3.63) is 35.4 Å². The molecule has 4 N–H and O–H groups in total. The van der Waals surface area contributed by atoms with E-state index in [1.54, 1.807) is 12.2 Å². The molecule has 5 nitrogen and oxygen atoms in total. The summed E-state index contributed by atoms with van der Waals surface area (Å²) in [5.41, 5.74) is 4.65. The Morgan fingerprint density at radius 3 is 2.58 bits per heavy atom. The first-order valence-corrected chi connectivity index (χ1v) is 5.74. The van der Waals surface area contributed by atoms with Crippen LogP contribution in [0.15, 0.2) is 18.2 Å². The standard InChI is InChI=1S/C12H15F2N3O2/c1-7(10-4-3-9(13)5-11(10)14)15-6-12(19)17-16-8(2)18/h3-5,7,15H,6H2,1-2H3,(H,16,18)(H,17,19)/p+1/t7-/m1/s1. The highest BCUT2D eigenvalue weighted by Crippen LogP contribution is 2.14. The van der Waals surface area contributed by atoms with Gasteiger partial charge in [-0.25, -0.2) is 8.78 Å². The number of carbonyl (C=O) groups is 2. The number of hydrazine groups is 1. The van der Waals surface area contributed by atoms with Crippen LogP contribution in [0.3, 0.4) is 0 Å². The number of hydrogen-bond donors (Lipinski definition) is 3. The quantitative estimate of drug-likeness (QED) is 0.662. The predicted octanol–water partition coefficient (Wildman–Crippen LogP) is -0.243. The van der Waals surface area contributed by atoms with E-state index in [1.165, 1.54) is 19.1 Å². The van der Waals surface area contributed by atoms with Crippen molar-refractivity contribution in [1.29, 1.82) is 0 Å². The van der Waals surface area contributed by atoms with Gasteiger partial charge in [0.2, 0.25) is 5.91 Å². The van der Waals surface area contributed by atoms with Crippen LogP contribution in [-0.4, -0.2) is 18.4 Å². The maximum atomic E-state index is 13.5. The topological polar surface area (TPSA) is 74.8 Å². The van der Waals surface area contributed by atoms with E-state index in [0.29, 0.717) is 5.56 Å². The third-order valence-corrected chi connectivity index (χ3v) is 2.49. The Kier molecular flexibility index (Phi) is 5.37. The van der Waals surface area contributed by atoms with Gasteiger partial charge in [0, 0.05) is 18.6 Å². The molecule has 0 unspecified atom stereocenters. The summed E-state index contributed by atoms with van der Waals surface area (Å²) in [6, 6.07) is 2.97. The molecular weight excluding hydrogens is 256 g/mol. The summed E-state index contributed by atoms with van der Waals surface area (Å²) in [6.07, 6.45) is 0. The Hall–Kier alpha value is -2.02. The number of rotatable bonds is 4. The van der Waals surface area contributed by atoms with Crippen molar-refractivity contribution in [3.8, 4) is 0 Å². The Labute approximate surface area is 109 Å². The van der Waals surface area contributed by atoms with E-state index in [1.807, 2.05) is 0 Å². The molecule has 0 radical (unpaired) electrons. The van der Waals surface area contributed by atoms with Gasteiger partial charge in [0.1, 0.15) is 17.7 Å². The smallest absolute Gasteiger partial charge is 0.293 e. The normalized spacial score (nSPS) is 11.8. The molecule has 0 bridgehead atoms. The zero-order chi connectivity index (χ0) is 14.4. The summed E-state index contributed by atoms with van der Waals surface area (Å²) >= 11 is 0. The average molecular weight is 272 g/mol. The first-order valence-electron chi connectivity index (χ1n) is 5.74. The van der Waals surface area contributed by atoms with E-state index in [2.05, 4.69) is 10.9 Å². The van der Waals surface area contributed by atoms with Gasteiger partial charge in [-0.3, -0.25) is 20.4 Å². The third kappa shape index (κ3) is 5.01. The van der Waals surface area contributed by atoms with Crippen LogP contribution < -0.4 is 16.2 Å². The predicted molar refractivity (Wildman–Crippen MR) is 63.5 cm³/mol. The minimum Gasteiger partial charge on any atom is -0.332 e. The Morgan fingerprint density at radius 1 is 1.32 bits per heavy atom. The van der Waals surface area contributed by atoms with Crippen molar-refractivity contribution in [3.63, 3.8) is 0 Å². The lowest BCUT2D eigenvalue weighted by Gasteiger charge is -2.12. The number of quaternary nitrogens is 1. The second-order valence-corrected chi connectivity index (χ2v) is 4.12. The molecule has 1 rings (SSSR count). The highest BCUT2D eigenvalue weighted by molar-refractivity contribution is 5.81. The van der Waals surface area contributed by atoms with Crippen LogP contribution in [0.2, 0.25) is 0 Å². The van der Waals surface area contributed by atoms with Gasteiger partial charge in [0.15, 0.2) is 6.54 Å². The van der Waals surface area contributed by atoms with E-state index in [9.17, 15) is 18.4 Å². The van der Waals surface area contributed by atoms with Crippen molar-refractivity contribution >= 4 is 11.8 Å². The van der Waals surface area contributed by atoms with Gasteiger partial charge < -0.3 is 5.32 Å². The van der Waals surface area contributed by atoms with Crippen LogP contribution in [-0.2, 0) is 9.59 Å². The lowest BCUT2D eigenvalue weighted by molar-refractivity contribution is -0.682. The maximum absolute atomic E-state index is 13.5. The molecule has 0 fully saturated rings. The molecular formula is C12H16F2N3O2+. The largest absolute Gasteiger partial charge is 0.332 e. The molecule has 0 heterocycles. The first kappa shape index (κ1) is 15.0. The zero-order valence-corrected chi connectivity index (χ0v) is 10.7. The van der Waals surface area contributed by atoms with Gasteiger partial charge >= 0.3 is 0 Å². The number of carbonyl (C=O) groups excluding carboxylic acids is 2. The molecule has 1 aromatic carbocycles. The number of halogens is 2. The number of benzene rings is 1. The molecule has 0 aliphatic heterocycles. The van der Waals surface area contributed by atoms with Gasteiger partial charge in [-0.05, 0) is 19.1 Å². The van der Waals surface area contributed by atoms with E-state index < -0.39 is 17.5 Å². The summed E-state index contributed by atoms with van der Waals surface area (Å²) < 4.78 is 26.2. The molecule has 19 heavy (non-hydrogen) atoms. The van der Waals surface area contributed by atoms with Crippen molar-refractivity contribution in [2.75, 3.05) is 6.54 Å². The molecule has 104 valence electrons. The summed E-state index contributed by atoms with van der Waals surface area (Å²) in [4.78, 5) is 21.9. The molecule has 1 atom stereocenters. The number of nitrogens with two attached hydrogens (primary N) is 1. The zero-order valence-electron chi connectivity index (χ0n) is 10.7. The van der Waals surface area contributed by atoms with Crippen molar-refractivity contribution in [2.24, 2.45) is 0 Å². The molecule has 2 amide bonds. The van der Waals surface area contributed by atoms with Crippen LogP contribution in [0.4, 0.5) is 8.78 Å². The van der Waals surface area contributed by atoms with Gasteiger partial charge in [-0.1, -0.05) is 0 Å². The molecule has 7 heteroatoms. The van der Waals surface area contributed by atoms with Crippen LogP contribution >= 0.6 is 0 Å². The Balaban J connectivity index is 2.48. The lowest BCUT2D eigenvalue weighted by atomic mass is 10.1. The average Bonchev–Trinajstić information content (AvgIpc) is 2.33. The van der Waals surface area contributed by atoms with Crippen LogP contribution in [0.1, 0.15) is 25.5 Å². The van der Waals surface area contributed by atoms with E-state index in [0.717, 1.165) is 6.07 Å². The number of hydrogen-bond acceptors (Lipinski definition) is 2. The molecule has 1 aromatic rings. The number of amides is 2. The maximum Gasteiger partial charge on any atom is 0.293 e. The van der Waals surface area contributed by atoms with E-state index in [4.69, 9.17) is 0 Å². The second-order valence-electron chi connectivity index (χ2n) is 4.12. The monoisotopic (exact) mass is 272 g/mol. The lowest BCUT2D eigenvalue weighted by Crippen LogP contribution is -2.87. The molecule has 0 spiro atoms. The minimum atomic E-state index is -0.647. The highest BCUT2D eigenvalue weighted by Gasteiger charge is 2.15.